The third-order valence-electron chi connectivity index (χ3n) is 3.85. The molecule has 5 heteroatoms. The van der Waals surface area contributed by atoms with Crippen LogP contribution in [0.5, 0.6) is 0 Å². The third-order valence-corrected chi connectivity index (χ3v) is 3.85. The first-order valence-electron chi connectivity index (χ1n) is 6.90. The molecule has 1 aromatic carbocycles. The molecule has 1 fully saturated rings. The number of benzene rings is 1. The third kappa shape index (κ3) is 2.73. The Morgan fingerprint density at radius 2 is 2.35 bits per heavy atom. The van der Waals surface area contributed by atoms with E-state index < -0.39 is 0 Å². The zero-order chi connectivity index (χ0) is 13.9. The molecule has 2 heterocycles. The molecule has 20 heavy (non-hydrogen) atoms. The number of aryl methyl sites for hydroxylation is 1. The van der Waals surface area contributed by atoms with E-state index in [1.54, 1.807) is 12.1 Å². The molecule has 0 saturated carbocycles. The Kier molecular flexibility index (Phi) is 3.80. The first-order valence-corrected chi connectivity index (χ1v) is 6.90. The fourth-order valence-electron chi connectivity index (χ4n) is 2.71. The average Bonchev–Trinajstić information content (AvgIpc) is 2.85. The molecule has 4 nitrogen and oxygen atoms in total. The molecule has 1 unspecified atom stereocenters. The lowest BCUT2D eigenvalue weighted by molar-refractivity contribution is 0.148. The van der Waals surface area contributed by atoms with Crippen molar-refractivity contribution in [3.8, 4) is 0 Å². The molecule has 1 aliphatic heterocycles. The molecule has 1 saturated heterocycles. The van der Waals surface area contributed by atoms with Gasteiger partial charge in [-0.05, 0) is 17.7 Å². The Hall–Kier alpha value is -1.72. The van der Waals surface area contributed by atoms with Crippen molar-refractivity contribution in [1.29, 1.82) is 0 Å². The maximum absolute atomic E-state index is 13.4. The van der Waals surface area contributed by atoms with Gasteiger partial charge < -0.3 is 9.88 Å². The van der Waals surface area contributed by atoms with Gasteiger partial charge in [0.15, 0.2) is 0 Å². The summed E-state index contributed by atoms with van der Waals surface area (Å²) in [6.45, 7) is 3.52. The van der Waals surface area contributed by atoms with E-state index in [-0.39, 0.29) is 11.9 Å². The zero-order valence-electron chi connectivity index (χ0n) is 11.6. The molecular weight excluding hydrogens is 255 g/mol. The van der Waals surface area contributed by atoms with Crippen LogP contribution in [0.15, 0.2) is 36.7 Å². The summed E-state index contributed by atoms with van der Waals surface area (Å²) >= 11 is 0. The molecule has 0 bridgehead atoms. The van der Waals surface area contributed by atoms with Crippen LogP contribution in [0.2, 0.25) is 0 Å². The second-order valence-corrected chi connectivity index (χ2v) is 5.20. The molecule has 3 rings (SSSR count). The number of nitrogens with one attached hydrogen (secondary N) is 1. The Bertz CT molecular complexity index is 581. The van der Waals surface area contributed by atoms with Crippen LogP contribution in [0, 0.1) is 5.82 Å². The lowest BCUT2D eigenvalue weighted by Gasteiger charge is -2.36. The summed E-state index contributed by atoms with van der Waals surface area (Å²) in [5.74, 6) is 0.860. The van der Waals surface area contributed by atoms with Gasteiger partial charge in [0.05, 0.1) is 6.54 Å². The quantitative estimate of drug-likeness (QED) is 0.925. The van der Waals surface area contributed by atoms with E-state index in [9.17, 15) is 4.39 Å². The predicted octanol–water partition coefficient (Wildman–Crippen LogP) is 1.71. The van der Waals surface area contributed by atoms with Crippen LogP contribution in [-0.4, -0.2) is 34.1 Å². The minimum atomic E-state index is -0.176. The van der Waals surface area contributed by atoms with Crippen molar-refractivity contribution in [2.75, 3.05) is 19.6 Å². The molecule has 1 aromatic heterocycles. The van der Waals surface area contributed by atoms with Crippen molar-refractivity contribution in [2.45, 2.75) is 12.6 Å². The summed E-state index contributed by atoms with van der Waals surface area (Å²) in [6, 6.07) is 7.08. The monoisotopic (exact) mass is 274 g/mol. The summed E-state index contributed by atoms with van der Waals surface area (Å²) in [5, 5.41) is 3.39. The number of halogens is 1. The van der Waals surface area contributed by atoms with Crippen molar-refractivity contribution in [3.63, 3.8) is 0 Å². The summed E-state index contributed by atoms with van der Waals surface area (Å²) in [4.78, 5) is 6.74. The minimum Gasteiger partial charge on any atom is -0.337 e. The van der Waals surface area contributed by atoms with Crippen LogP contribution < -0.4 is 5.32 Å². The number of piperazine rings is 1. The molecule has 0 radical (unpaired) electrons. The van der Waals surface area contributed by atoms with Gasteiger partial charge in [-0.3, -0.25) is 4.90 Å². The summed E-state index contributed by atoms with van der Waals surface area (Å²) in [5.41, 5.74) is 1.02. The Morgan fingerprint density at radius 3 is 3.10 bits per heavy atom. The Labute approximate surface area is 118 Å². The second kappa shape index (κ2) is 5.73. The van der Waals surface area contributed by atoms with E-state index in [4.69, 9.17) is 0 Å². The molecular formula is C15H19FN4. The van der Waals surface area contributed by atoms with Crippen molar-refractivity contribution < 1.29 is 4.39 Å². The molecule has 1 N–H and O–H groups in total. The predicted molar refractivity (Wildman–Crippen MR) is 75.6 cm³/mol. The fraction of sp³-hybridized carbons (Fsp3) is 0.400. The van der Waals surface area contributed by atoms with Gasteiger partial charge in [-0.2, -0.15) is 0 Å². The molecule has 0 amide bonds. The summed E-state index contributed by atoms with van der Waals surface area (Å²) < 4.78 is 15.5. The van der Waals surface area contributed by atoms with Gasteiger partial charge >= 0.3 is 0 Å². The maximum Gasteiger partial charge on any atom is 0.123 e. The van der Waals surface area contributed by atoms with Gasteiger partial charge in [0.25, 0.3) is 0 Å². The number of hydrogen-bond donors (Lipinski definition) is 1. The first-order chi connectivity index (χ1) is 9.74. The van der Waals surface area contributed by atoms with Crippen LogP contribution >= 0.6 is 0 Å². The standard InChI is InChI=1S/C15H19FN4/c1-19-7-6-18-15(19)11-20-8-5-17-10-14(20)12-3-2-4-13(16)9-12/h2-4,6-7,9,14,17H,5,8,10-11H2,1H3. The van der Waals surface area contributed by atoms with Crippen molar-refractivity contribution >= 4 is 0 Å². The lowest BCUT2D eigenvalue weighted by atomic mass is 10.0. The van der Waals surface area contributed by atoms with E-state index in [2.05, 4.69) is 15.2 Å². The highest BCUT2D eigenvalue weighted by molar-refractivity contribution is 5.21. The Morgan fingerprint density at radius 1 is 1.45 bits per heavy atom. The van der Waals surface area contributed by atoms with E-state index in [0.29, 0.717) is 0 Å². The van der Waals surface area contributed by atoms with Gasteiger partial charge in [-0.15, -0.1) is 0 Å². The number of nitrogens with zero attached hydrogens (tertiary/aromatic N) is 3. The fourth-order valence-corrected chi connectivity index (χ4v) is 2.71. The lowest BCUT2D eigenvalue weighted by Crippen LogP contribution is -2.45. The van der Waals surface area contributed by atoms with Crippen molar-refractivity contribution in [1.82, 2.24) is 19.8 Å². The Balaban J connectivity index is 1.82. The summed E-state index contributed by atoms with van der Waals surface area (Å²) in [6.07, 6.45) is 3.77. The van der Waals surface area contributed by atoms with Crippen molar-refractivity contribution in [2.24, 2.45) is 7.05 Å². The van der Waals surface area contributed by atoms with E-state index >= 15 is 0 Å². The van der Waals surface area contributed by atoms with E-state index in [1.807, 2.05) is 30.1 Å². The van der Waals surface area contributed by atoms with Crippen LogP contribution in [-0.2, 0) is 13.6 Å². The van der Waals surface area contributed by atoms with Gasteiger partial charge in [-0.1, -0.05) is 12.1 Å². The highest BCUT2D eigenvalue weighted by Crippen LogP contribution is 2.24. The smallest absolute Gasteiger partial charge is 0.123 e. The number of hydrogen-bond acceptors (Lipinski definition) is 3. The largest absolute Gasteiger partial charge is 0.337 e. The van der Waals surface area contributed by atoms with Gasteiger partial charge in [0.1, 0.15) is 11.6 Å². The number of rotatable bonds is 3. The topological polar surface area (TPSA) is 33.1 Å². The normalized spacial score (nSPS) is 20.2. The molecule has 106 valence electrons. The minimum absolute atomic E-state index is 0.176. The molecule has 2 aromatic rings. The maximum atomic E-state index is 13.4. The van der Waals surface area contributed by atoms with Crippen molar-refractivity contribution in [3.05, 3.63) is 53.9 Å². The first kappa shape index (κ1) is 13.3. The highest BCUT2D eigenvalue weighted by atomic mass is 19.1. The number of aromatic nitrogens is 2. The average molecular weight is 274 g/mol. The molecule has 0 spiro atoms. The molecule has 1 aliphatic rings. The summed E-state index contributed by atoms with van der Waals surface area (Å²) in [7, 11) is 2.00. The van der Waals surface area contributed by atoms with Crippen LogP contribution in [0.25, 0.3) is 0 Å². The molecule has 1 atom stereocenters. The van der Waals surface area contributed by atoms with Crippen LogP contribution in [0.1, 0.15) is 17.4 Å². The van der Waals surface area contributed by atoms with Gasteiger partial charge in [0.2, 0.25) is 0 Å². The number of imidazole rings is 1. The van der Waals surface area contributed by atoms with Gasteiger partial charge in [0, 0.05) is 45.1 Å². The highest BCUT2D eigenvalue weighted by Gasteiger charge is 2.24. The SMILES string of the molecule is Cn1ccnc1CN1CCNCC1c1cccc(F)c1. The second-order valence-electron chi connectivity index (χ2n) is 5.20. The van der Waals surface area contributed by atoms with Gasteiger partial charge in [-0.25, -0.2) is 9.37 Å². The van der Waals surface area contributed by atoms with Crippen LogP contribution in [0.4, 0.5) is 4.39 Å². The zero-order valence-corrected chi connectivity index (χ0v) is 11.6. The molecule has 0 aliphatic carbocycles. The van der Waals surface area contributed by atoms with Crippen LogP contribution in [0.3, 0.4) is 0 Å². The van der Waals surface area contributed by atoms with E-state index in [0.717, 1.165) is 37.6 Å². The van der Waals surface area contributed by atoms with E-state index in [1.165, 1.54) is 6.07 Å².